The van der Waals surface area contributed by atoms with Crippen LogP contribution in [-0.4, -0.2) is 26.3 Å². The van der Waals surface area contributed by atoms with Gasteiger partial charge in [-0.1, -0.05) is 23.9 Å². The molecule has 102 valence electrons. The normalized spacial score (nSPS) is 17.1. The minimum atomic E-state index is 0.825. The highest BCUT2D eigenvalue weighted by molar-refractivity contribution is 7.99. The number of morpholine rings is 1. The van der Waals surface area contributed by atoms with Crippen molar-refractivity contribution < 1.29 is 4.74 Å². The molecule has 0 aromatic heterocycles. The van der Waals surface area contributed by atoms with Gasteiger partial charge in [-0.25, -0.2) is 0 Å². The van der Waals surface area contributed by atoms with E-state index in [2.05, 4.69) is 52.7 Å². The van der Waals surface area contributed by atoms with Crippen molar-refractivity contribution in [3.63, 3.8) is 0 Å². The van der Waals surface area contributed by atoms with E-state index in [1.54, 1.807) is 0 Å². The fourth-order valence-electron chi connectivity index (χ4n) is 2.64. The van der Waals surface area contributed by atoms with Crippen LogP contribution in [0.2, 0.25) is 0 Å². The molecule has 3 nitrogen and oxygen atoms in total. The number of nitrogens with zero attached hydrogens (tertiary/aromatic N) is 1. The van der Waals surface area contributed by atoms with E-state index >= 15 is 0 Å². The van der Waals surface area contributed by atoms with Gasteiger partial charge >= 0.3 is 0 Å². The average molecular weight is 284 g/mol. The third-order valence-corrected chi connectivity index (χ3v) is 4.85. The van der Waals surface area contributed by atoms with Crippen LogP contribution in [0.15, 0.2) is 52.3 Å². The molecule has 2 aromatic carbocycles. The Bertz CT molecular complexity index is 638. The minimum Gasteiger partial charge on any atom is -0.378 e. The van der Waals surface area contributed by atoms with Crippen LogP contribution in [0.5, 0.6) is 0 Å². The topological polar surface area (TPSA) is 24.5 Å². The van der Waals surface area contributed by atoms with Gasteiger partial charge in [0.15, 0.2) is 0 Å². The number of benzene rings is 2. The monoisotopic (exact) mass is 284 g/mol. The van der Waals surface area contributed by atoms with Crippen LogP contribution < -0.4 is 10.2 Å². The summed E-state index contributed by atoms with van der Waals surface area (Å²) in [6, 6.07) is 15.1. The summed E-state index contributed by atoms with van der Waals surface area (Å²) in [5.74, 6) is 0. The zero-order valence-electron chi connectivity index (χ0n) is 11.1. The van der Waals surface area contributed by atoms with Gasteiger partial charge in [-0.05, 0) is 30.3 Å². The molecular weight excluding hydrogens is 268 g/mol. The second-order valence-electron chi connectivity index (χ2n) is 5.00. The minimum absolute atomic E-state index is 0.825. The van der Waals surface area contributed by atoms with Crippen LogP contribution in [-0.2, 0) is 4.74 Å². The largest absolute Gasteiger partial charge is 0.378 e. The fraction of sp³-hybridized carbons (Fsp3) is 0.250. The summed E-state index contributed by atoms with van der Waals surface area (Å²) in [6.07, 6.45) is 0. The molecule has 4 rings (SSSR count). The molecule has 0 radical (unpaired) electrons. The van der Waals surface area contributed by atoms with Gasteiger partial charge in [-0.3, -0.25) is 0 Å². The molecule has 0 saturated carbocycles. The number of rotatable bonds is 1. The highest BCUT2D eigenvalue weighted by Gasteiger charge is 2.18. The van der Waals surface area contributed by atoms with Crippen LogP contribution in [0.25, 0.3) is 0 Å². The highest BCUT2D eigenvalue weighted by atomic mass is 32.2. The number of hydrogen-bond acceptors (Lipinski definition) is 4. The zero-order valence-corrected chi connectivity index (χ0v) is 12.0. The van der Waals surface area contributed by atoms with Crippen LogP contribution in [0.1, 0.15) is 0 Å². The molecule has 0 atom stereocenters. The lowest BCUT2D eigenvalue weighted by Gasteiger charge is -2.30. The molecule has 2 aliphatic rings. The number of para-hydroxylation sites is 1. The first-order valence-electron chi connectivity index (χ1n) is 6.91. The number of fused-ring (bicyclic) bond motifs is 2. The summed E-state index contributed by atoms with van der Waals surface area (Å²) in [7, 11) is 0. The van der Waals surface area contributed by atoms with Gasteiger partial charge in [0.25, 0.3) is 0 Å². The third kappa shape index (κ3) is 2.15. The maximum Gasteiger partial charge on any atom is 0.0642 e. The van der Waals surface area contributed by atoms with E-state index in [-0.39, 0.29) is 0 Å². The summed E-state index contributed by atoms with van der Waals surface area (Å²) in [6.45, 7) is 3.61. The molecule has 0 bridgehead atoms. The van der Waals surface area contributed by atoms with E-state index in [4.69, 9.17) is 4.74 Å². The molecule has 2 heterocycles. The van der Waals surface area contributed by atoms with Crippen molar-refractivity contribution in [2.45, 2.75) is 9.79 Å². The van der Waals surface area contributed by atoms with Crippen molar-refractivity contribution in [3.05, 3.63) is 42.5 Å². The lowest BCUT2D eigenvalue weighted by atomic mass is 10.2. The predicted octanol–water partition coefficient (Wildman–Crippen LogP) is 3.73. The number of nitrogens with one attached hydrogen (secondary N) is 1. The molecule has 1 fully saturated rings. The molecule has 0 amide bonds. The maximum atomic E-state index is 5.42. The van der Waals surface area contributed by atoms with Crippen molar-refractivity contribution in [3.8, 4) is 0 Å². The Morgan fingerprint density at radius 3 is 2.65 bits per heavy atom. The third-order valence-electron chi connectivity index (χ3n) is 3.72. The van der Waals surface area contributed by atoms with E-state index in [0.717, 1.165) is 26.3 Å². The summed E-state index contributed by atoms with van der Waals surface area (Å²) >= 11 is 1.84. The van der Waals surface area contributed by atoms with E-state index in [0.29, 0.717) is 0 Å². The number of anilines is 3. The van der Waals surface area contributed by atoms with Crippen LogP contribution >= 0.6 is 11.8 Å². The number of ether oxygens (including phenoxy) is 1. The molecule has 2 aliphatic heterocycles. The molecule has 1 saturated heterocycles. The fourth-order valence-corrected chi connectivity index (χ4v) is 3.66. The Balaban J connectivity index is 1.65. The summed E-state index contributed by atoms with van der Waals surface area (Å²) in [4.78, 5) is 4.98. The average Bonchev–Trinajstić information content (AvgIpc) is 2.53. The van der Waals surface area contributed by atoms with Crippen LogP contribution in [0, 0.1) is 0 Å². The van der Waals surface area contributed by atoms with Gasteiger partial charge in [0.2, 0.25) is 0 Å². The second kappa shape index (κ2) is 5.04. The Kier molecular flexibility index (Phi) is 3.05. The molecule has 2 aromatic rings. The van der Waals surface area contributed by atoms with E-state index in [1.165, 1.54) is 26.9 Å². The molecule has 1 N–H and O–H groups in total. The molecular formula is C16H16N2OS. The quantitative estimate of drug-likeness (QED) is 0.736. The molecule has 20 heavy (non-hydrogen) atoms. The van der Waals surface area contributed by atoms with Gasteiger partial charge in [0.05, 0.1) is 24.6 Å². The molecule has 0 aliphatic carbocycles. The van der Waals surface area contributed by atoms with Crippen LogP contribution in [0.4, 0.5) is 17.1 Å². The van der Waals surface area contributed by atoms with Crippen LogP contribution in [0.3, 0.4) is 0 Å². The first-order chi connectivity index (χ1) is 9.90. The SMILES string of the molecule is c1ccc2c(c1)Nc1ccc(N3CCOCC3)cc1S2. The standard InChI is InChI=1S/C16H16N2OS/c1-2-4-15-13(3-1)17-14-6-5-12(11-16(14)20-15)18-7-9-19-10-8-18/h1-6,11,17H,7-10H2. The first-order valence-corrected chi connectivity index (χ1v) is 7.72. The Labute approximate surface area is 122 Å². The predicted molar refractivity (Wildman–Crippen MR) is 83.3 cm³/mol. The highest BCUT2D eigenvalue weighted by Crippen LogP contribution is 2.45. The van der Waals surface area contributed by atoms with Gasteiger partial charge < -0.3 is 15.0 Å². The second-order valence-corrected chi connectivity index (χ2v) is 6.09. The van der Waals surface area contributed by atoms with Gasteiger partial charge in [0.1, 0.15) is 0 Å². The van der Waals surface area contributed by atoms with E-state index in [1.807, 2.05) is 11.8 Å². The molecule has 0 spiro atoms. The first kappa shape index (κ1) is 12.1. The Morgan fingerprint density at radius 2 is 1.75 bits per heavy atom. The maximum absolute atomic E-state index is 5.42. The lowest BCUT2D eigenvalue weighted by Crippen LogP contribution is -2.36. The van der Waals surface area contributed by atoms with Gasteiger partial charge in [-0.2, -0.15) is 0 Å². The van der Waals surface area contributed by atoms with Crippen molar-refractivity contribution >= 4 is 28.8 Å². The summed E-state index contributed by atoms with van der Waals surface area (Å²) in [5, 5.41) is 3.51. The molecule has 4 heteroatoms. The van der Waals surface area contributed by atoms with Gasteiger partial charge in [0, 0.05) is 28.6 Å². The number of hydrogen-bond donors (Lipinski definition) is 1. The Morgan fingerprint density at radius 1 is 0.950 bits per heavy atom. The lowest BCUT2D eigenvalue weighted by molar-refractivity contribution is 0.122. The zero-order chi connectivity index (χ0) is 13.4. The van der Waals surface area contributed by atoms with Crippen molar-refractivity contribution in [1.82, 2.24) is 0 Å². The van der Waals surface area contributed by atoms with E-state index < -0.39 is 0 Å². The van der Waals surface area contributed by atoms with Crippen molar-refractivity contribution in [2.24, 2.45) is 0 Å². The summed E-state index contributed by atoms with van der Waals surface area (Å²) < 4.78 is 5.42. The van der Waals surface area contributed by atoms with Crippen molar-refractivity contribution in [1.29, 1.82) is 0 Å². The molecule has 0 unspecified atom stereocenters. The van der Waals surface area contributed by atoms with Gasteiger partial charge in [-0.15, -0.1) is 0 Å². The van der Waals surface area contributed by atoms with Crippen molar-refractivity contribution in [2.75, 3.05) is 36.5 Å². The van der Waals surface area contributed by atoms with E-state index in [9.17, 15) is 0 Å². The summed E-state index contributed by atoms with van der Waals surface area (Å²) in [5.41, 5.74) is 3.69. The Hall–Kier alpha value is -1.65. The smallest absolute Gasteiger partial charge is 0.0642 e.